The molecule has 0 aromatic carbocycles. The molecule has 0 aliphatic carbocycles. The summed E-state index contributed by atoms with van der Waals surface area (Å²) in [6, 6.07) is 4.55. The molecular weight excluding hydrogens is 256 g/mol. The molecule has 0 spiro atoms. The summed E-state index contributed by atoms with van der Waals surface area (Å²) in [6.07, 6.45) is 7.44. The summed E-state index contributed by atoms with van der Waals surface area (Å²) in [4.78, 5) is 6.63. The first kappa shape index (κ1) is 12.4. The summed E-state index contributed by atoms with van der Waals surface area (Å²) < 4.78 is 4.35. The molecule has 4 nitrogen and oxygen atoms in total. The van der Waals surface area contributed by atoms with E-state index in [1.165, 1.54) is 35.8 Å². The molecule has 1 aliphatic rings. The summed E-state index contributed by atoms with van der Waals surface area (Å²) >= 11 is 1.50. The van der Waals surface area contributed by atoms with Crippen LogP contribution >= 0.6 is 11.5 Å². The first-order valence-corrected chi connectivity index (χ1v) is 7.47. The number of piperidine rings is 1. The van der Waals surface area contributed by atoms with E-state index in [0.29, 0.717) is 11.9 Å². The smallest absolute Gasteiger partial charge is 0.147 e. The number of hydrogen-bond donors (Lipinski definition) is 1. The van der Waals surface area contributed by atoms with Gasteiger partial charge in [-0.2, -0.15) is 4.37 Å². The van der Waals surface area contributed by atoms with Crippen molar-refractivity contribution < 1.29 is 0 Å². The van der Waals surface area contributed by atoms with Crippen molar-refractivity contribution in [2.45, 2.75) is 32.2 Å². The zero-order valence-electron chi connectivity index (χ0n) is 11.0. The van der Waals surface area contributed by atoms with Crippen molar-refractivity contribution in [2.75, 3.05) is 17.2 Å². The molecule has 1 aliphatic heterocycles. The van der Waals surface area contributed by atoms with Gasteiger partial charge < -0.3 is 10.6 Å². The van der Waals surface area contributed by atoms with E-state index in [-0.39, 0.29) is 0 Å². The topological polar surface area (TPSA) is 55.0 Å². The van der Waals surface area contributed by atoms with Crippen LogP contribution in [-0.4, -0.2) is 21.9 Å². The van der Waals surface area contributed by atoms with Gasteiger partial charge in [-0.1, -0.05) is 6.07 Å². The fraction of sp³-hybridized carbons (Fsp3) is 0.429. The Labute approximate surface area is 117 Å². The van der Waals surface area contributed by atoms with Crippen LogP contribution in [0.1, 0.15) is 26.2 Å². The van der Waals surface area contributed by atoms with Crippen molar-refractivity contribution in [3.63, 3.8) is 0 Å². The van der Waals surface area contributed by atoms with E-state index in [1.807, 2.05) is 18.3 Å². The molecule has 19 heavy (non-hydrogen) atoms. The van der Waals surface area contributed by atoms with E-state index >= 15 is 0 Å². The van der Waals surface area contributed by atoms with Crippen molar-refractivity contribution in [2.24, 2.45) is 0 Å². The van der Waals surface area contributed by atoms with Crippen LogP contribution in [0.5, 0.6) is 0 Å². The number of nitrogen functional groups attached to an aromatic ring is 1. The minimum absolute atomic E-state index is 0.559. The normalized spacial score (nSPS) is 19.6. The van der Waals surface area contributed by atoms with Crippen LogP contribution < -0.4 is 10.6 Å². The Morgan fingerprint density at radius 2 is 2.32 bits per heavy atom. The van der Waals surface area contributed by atoms with E-state index in [4.69, 9.17) is 5.73 Å². The number of aromatic nitrogens is 2. The molecule has 1 unspecified atom stereocenters. The number of nitrogens with two attached hydrogens (primary N) is 1. The number of rotatable bonds is 2. The Morgan fingerprint density at radius 1 is 1.42 bits per heavy atom. The van der Waals surface area contributed by atoms with Crippen LogP contribution in [0.25, 0.3) is 11.1 Å². The van der Waals surface area contributed by atoms with E-state index in [2.05, 4.69) is 21.2 Å². The summed E-state index contributed by atoms with van der Waals surface area (Å²) in [7, 11) is 0. The summed E-state index contributed by atoms with van der Waals surface area (Å²) in [5, 5.41) is 1.19. The van der Waals surface area contributed by atoms with Gasteiger partial charge >= 0.3 is 0 Å². The van der Waals surface area contributed by atoms with Crippen LogP contribution in [0.4, 0.5) is 10.8 Å². The van der Waals surface area contributed by atoms with Crippen LogP contribution in [0.15, 0.2) is 24.5 Å². The van der Waals surface area contributed by atoms with Gasteiger partial charge in [0, 0.05) is 30.5 Å². The van der Waals surface area contributed by atoms with Gasteiger partial charge in [0.1, 0.15) is 10.8 Å². The van der Waals surface area contributed by atoms with E-state index in [0.717, 1.165) is 17.7 Å². The highest BCUT2D eigenvalue weighted by Gasteiger charge is 2.25. The Kier molecular flexibility index (Phi) is 3.38. The van der Waals surface area contributed by atoms with Gasteiger partial charge in [-0.05, 0) is 43.8 Å². The molecule has 0 bridgehead atoms. The molecule has 2 aromatic heterocycles. The minimum Gasteiger partial charge on any atom is -0.382 e. The van der Waals surface area contributed by atoms with Gasteiger partial charge in [-0.3, -0.25) is 4.98 Å². The number of nitrogens with zero attached hydrogens (tertiary/aromatic N) is 3. The Bertz CT molecular complexity index is 552. The molecule has 2 aromatic rings. The maximum absolute atomic E-state index is 6.07. The summed E-state index contributed by atoms with van der Waals surface area (Å²) in [5.41, 5.74) is 8.18. The second-order valence-corrected chi connectivity index (χ2v) is 5.78. The second kappa shape index (κ2) is 5.17. The van der Waals surface area contributed by atoms with E-state index in [1.54, 1.807) is 6.20 Å². The van der Waals surface area contributed by atoms with Crippen LogP contribution in [-0.2, 0) is 0 Å². The lowest BCUT2D eigenvalue weighted by Gasteiger charge is -2.34. The van der Waals surface area contributed by atoms with Gasteiger partial charge in [-0.15, -0.1) is 0 Å². The van der Waals surface area contributed by atoms with E-state index < -0.39 is 0 Å². The van der Waals surface area contributed by atoms with Gasteiger partial charge in [-0.25, -0.2) is 0 Å². The van der Waals surface area contributed by atoms with Gasteiger partial charge in [0.2, 0.25) is 0 Å². The first-order valence-electron chi connectivity index (χ1n) is 6.69. The van der Waals surface area contributed by atoms with Crippen molar-refractivity contribution in [3.05, 3.63) is 24.5 Å². The maximum Gasteiger partial charge on any atom is 0.147 e. The second-order valence-electron chi connectivity index (χ2n) is 5.03. The van der Waals surface area contributed by atoms with Crippen LogP contribution in [0.3, 0.4) is 0 Å². The molecule has 1 saturated heterocycles. The fourth-order valence-corrected chi connectivity index (χ4v) is 3.64. The molecule has 5 heteroatoms. The molecule has 1 atom stereocenters. The first-order chi connectivity index (χ1) is 9.27. The maximum atomic E-state index is 6.07. The van der Waals surface area contributed by atoms with Crippen LogP contribution in [0, 0.1) is 0 Å². The number of anilines is 2. The predicted molar refractivity (Wildman–Crippen MR) is 80.4 cm³/mol. The SMILES string of the molecule is CC1CCCCN1c1snc(N)c1-c1cccnc1. The Morgan fingerprint density at radius 3 is 3.05 bits per heavy atom. The molecule has 2 N–H and O–H groups in total. The summed E-state index contributed by atoms with van der Waals surface area (Å²) in [6.45, 7) is 3.37. The van der Waals surface area contributed by atoms with Crippen molar-refractivity contribution in [3.8, 4) is 11.1 Å². The monoisotopic (exact) mass is 274 g/mol. The Balaban J connectivity index is 2.03. The number of pyridine rings is 1. The lowest BCUT2D eigenvalue weighted by Crippen LogP contribution is -2.37. The highest BCUT2D eigenvalue weighted by molar-refractivity contribution is 7.11. The van der Waals surface area contributed by atoms with Crippen molar-refractivity contribution in [1.82, 2.24) is 9.36 Å². The molecule has 0 saturated carbocycles. The van der Waals surface area contributed by atoms with Gasteiger partial charge in [0.05, 0.1) is 5.56 Å². The highest BCUT2D eigenvalue weighted by Crippen LogP contribution is 2.41. The third-order valence-corrected chi connectivity index (χ3v) is 4.61. The Hall–Kier alpha value is -1.62. The minimum atomic E-state index is 0.559. The summed E-state index contributed by atoms with van der Waals surface area (Å²) in [5.74, 6) is 0.616. The van der Waals surface area contributed by atoms with Gasteiger partial charge in [0.15, 0.2) is 0 Å². The van der Waals surface area contributed by atoms with Crippen molar-refractivity contribution >= 4 is 22.4 Å². The average molecular weight is 274 g/mol. The highest BCUT2D eigenvalue weighted by atomic mass is 32.1. The zero-order chi connectivity index (χ0) is 13.2. The molecule has 1 fully saturated rings. The fourth-order valence-electron chi connectivity index (χ4n) is 2.67. The number of hydrogen-bond acceptors (Lipinski definition) is 5. The lowest BCUT2D eigenvalue weighted by atomic mass is 10.0. The lowest BCUT2D eigenvalue weighted by molar-refractivity contribution is 0.487. The zero-order valence-corrected chi connectivity index (χ0v) is 11.9. The largest absolute Gasteiger partial charge is 0.382 e. The van der Waals surface area contributed by atoms with Crippen LogP contribution in [0.2, 0.25) is 0 Å². The van der Waals surface area contributed by atoms with E-state index in [9.17, 15) is 0 Å². The molecule has 3 rings (SSSR count). The molecular formula is C14H18N4S. The van der Waals surface area contributed by atoms with Crippen molar-refractivity contribution in [1.29, 1.82) is 0 Å². The third kappa shape index (κ3) is 2.30. The average Bonchev–Trinajstić information content (AvgIpc) is 2.82. The van der Waals surface area contributed by atoms with Gasteiger partial charge in [0.25, 0.3) is 0 Å². The quantitative estimate of drug-likeness (QED) is 0.914. The molecule has 0 amide bonds. The molecule has 0 radical (unpaired) electrons. The standard InChI is InChI=1S/C14H18N4S/c1-10-5-2-3-8-18(10)14-12(13(15)17-19-14)11-6-4-7-16-9-11/h4,6-7,9-10H,2-3,5,8H2,1H3,(H2,15,17). The predicted octanol–water partition coefficient (Wildman–Crippen LogP) is 3.17. The molecule has 3 heterocycles. The third-order valence-electron chi connectivity index (χ3n) is 3.71. The molecule has 100 valence electrons.